The van der Waals surface area contributed by atoms with Gasteiger partial charge in [-0.3, -0.25) is 10.0 Å². The molecular weight excluding hydrogens is 372 g/mol. The number of hydrogen-bond donors (Lipinski definition) is 2. The molecule has 0 unspecified atom stereocenters. The molecule has 2 rings (SSSR count). The molecule has 152 valence electrons. The molecule has 2 N–H and O–H groups in total. The predicted molar refractivity (Wildman–Crippen MR) is 115 cm³/mol. The first-order chi connectivity index (χ1) is 13.5. The molecule has 6 heteroatoms. The largest absolute Gasteiger partial charge is 0.497 e. The lowest BCUT2D eigenvalue weighted by atomic mass is 10.1. The standard InChI is InChI=1S/C22H30N2O3S/c1-17-9-10-18(2)21(16-17)28-24(19-11-13-20(27-3)14-12-19)15-7-5-4-6-8-22(25)23-26/h9-14,16,26H,4-8,15H2,1-3H3,(H,23,25). The molecule has 1 amide bonds. The molecule has 0 spiro atoms. The maximum Gasteiger partial charge on any atom is 0.243 e. The smallest absolute Gasteiger partial charge is 0.243 e. The highest BCUT2D eigenvalue weighted by Crippen LogP contribution is 2.33. The molecule has 2 aromatic rings. The van der Waals surface area contributed by atoms with E-state index in [4.69, 9.17) is 9.94 Å². The number of amides is 1. The van der Waals surface area contributed by atoms with Crippen LogP contribution in [0.1, 0.15) is 43.2 Å². The van der Waals surface area contributed by atoms with Gasteiger partial charge in [0.25, 0.3) is 0 Å². The SMILES string of the molecule is COc1ccc(N(CCCCCCC(=O)NO)Sc2cc(C)ccc2C)cc1. The highest BCUT2D eigenvalue weighted by Gasteiger charge is 2.11. The summed E-state index contributed by atoms with van der Waals surface area (Å²) in [6.07, 6.45) is 4.20. The maximum absolute atomic E-state index is 11.1. The molecule has 0 atom stereocenters. The van der Waals surface area contributed by atoms with E-state index in [1.165, 1.54) is 16.0 Å². The van der Waals surface area contributed by atoms with Crippen molar-refractivity contribution in [2.45, 2.75) is 50.8 Å². The summed E-state index contributed by atoms with van der Waals surface area (Å²) in [7, 11) is 1.68. The highest BCUT2D eigenvalue weighted by molar-refractivity contribution is 8.00. The Morgan fingerprint density at radius 2 is 1.79 bits per heavy atom. The van der Waals surface area contributed by atoms with Crippen molar-refractivity contribution in [3.8, 4) is 5.75 Å². The lowest BCUT2D eigenvalue weighted by Crippen LogP contribution is -2.18. The van der Waals surface area contributed by atoms with E-state index in [0.717, 1.165) is 43.7 Å². The molecular formula is C22H30N2O3S. The van der Waals surface area contributed by atoms with E-state index in [1.807, 2.05) is 12.1 Å². The number of carbonyl (C=O) groups excluding carboxylic acids is 1. The number of nitrogens with one attached hydrogen (secondary N) is 1. The van der Waals surface area contributed by atoms with E-state index in [2.05, 4.69) is 48.5 Å². The van der Waals surface area contributed by atoms with Crippen LogP contribution in [0.4, 0.5) is 5.69 Å². The van der Waals surface area contributed by atoms with Crippen molar-refractivity contribution in [3.05, 3.63) is 53.6 Å². The number of carbonyl (C=O) groups is 1. The first-order valence-corrected chi connectivity index (χ1v) is 10.4. The second-order valence-electron chi connectivity index (χ2n) is 6.86. The Labute approximate surface area is 172 Å². The average molecular weight is 403 g/mol. The van der Waals surface area contributed by atoms with Crippen LogP contribution >= 0.6 is 11.9 Å². The Kier molecular flexibility index (Phi) is 9.17. The van der Waals surface area contributed by atoms with Gasteiger partial charge in [-0.05, 0) is 80.1 Å². The number of benzene rings is 2. The van der Waals surface area contributed by atoms with Crippen molar-refractivity contribution >= 4 is 23.5 Å². The van der Waals surface area contributed by atoms with Crippen molar-refractivity contribution in [3.63, 3.8) is 0 Å². The summed E-state index contributed by atoms with van der Waals surface area (Å²) in [6.45, 7) is 5.17. The summed E-state index contributed by atoms with van der Waals surface area (Å²) in [6, 6.07) is 14.7. The van der Waals surface area contributed by atoms with E-state index in [-0.39, 0.29) is 5.91 Å². The first-order valence-electron chi connectivity index (χ1n) is 9.63. The Balaban J connectivity index is 1.99. The molecule has 0 saturated carbocycles. The number of methoxy groups -OCH3 is 1. The highest BCUT2D eigenvalue weighted by atomic mass is 32.2. The second kappa shape index (κ2) is 11.6. The van der Waals surface area contributed by atoms with Gasteiger partial charge in [-0.1, -0.05) is 25.0 Å². The maximum atomic E-state index is 11.1. The topological polar surface area (TPSA) is 61.8 Å². The van der Waals surface area contributed by atoms with Gasteiger partial charge in [-0.2, -0.15) is 0 Å². The van der Waals surface area contributed by atoms with Crippen LogP contribution in [0.15, 0.2) is 47.4 Å². The molecule has 0 heterocycles. The van der Waals surface area contributed by atoms with Crippen LogP contribution in [0.25, 0.3) is 0 Å². The van der Waals surface area contributed by atoms with Crippen LogP contribution in [0.3, 0.4) is 0 Å². The van der Waals surface area contributed by atoms with E-state index in [0.29, 0.717) is 6.42 Å². The number of anilines is 1. The van der Waals surface area contributed by atoms with E-state index in [1.54, 1.807) is 24.5 Å². The zero-order valence-corrected chi connectivity index (χ0v) is 17.7. The molecule has 0 fully saturated rings. The molecule has 0 aromatic heterocycles. The number of ether oxygens (including phenoxy) is 1. The van der Waals surface area contributed by atoms with E-state index in [9.17, 15) is 4.79 Å². The van der Waals surface area contributed by atoms with Crippen LogP contribution in [-0.4, -0.2) is 24.8 Å². The van der Waals surface area contributed by atoms with E-state index < -0.39 is 0 Å². The first kappa shape index (κ1) is 22.1. The average Bonchev–Trinajstić information content (AvgIpc) is 2.72. The van der Waals surface area contributed by atoms with Crippen molar-refractivity contribution in [1.82, 2.24) is 5.48 Å². The molecule has 0 bridgehead atoms. The summed E-state index contributed by atoms with van der Waals surface area (Å²) in [5, 5.41) is 8.54. The number of nitrogens with zero attached hydrogens (tertiary/aromatic N) is 1. The molecule has 5 nitrogen and oxygen atoms in total. The van der Waals surface area contributed by atoms with E-state index >= 15 is 0 Å². The summed E-state index contributed by atoms with van der Waals surface area (Å²) in [4.78, 5) is 12.3. The van der Waals surface area contributed by atoms with Gasteiger partial charge >= 0.3 is 0 Å². The molecule has 0 aliphatic heterocycles. The Morgan fingerprint density at radius 1 is 1.07 bits per heavy atom. The molecule has 2 aromatic carbocycles. The van der Waals surface area contributed by atoms with Crippen molar-refractivity contribution in [2.75, 3.05) is 18.0 Å². The lowest BCUT2D eigenvalue weighted by molar-refractivity contribution is -0.129. The Bertz CT molecular complexity index is 750. The van der Waals surface area contributed by atoms with Crippen LogP contribution in [0.2, 0.25) is 0 Å². The van der Waals surface area contributed by atoms with Gasteiger partial charge in [-0.15, -0.1) is 0 Å². The summed E-state index contributed by atoms with van der Waals surface area (Å²) in [5.41, 5.74) is 5.35. The quantitative estimate of drug-likeness (QED) is 0.232. The monoisotopic (exact) mass is 402 g/mol. The Morgan fingerprint density at radius 3 is 2.46 bits per heavy atom. The second-order valence-corrected chi connectivity index (χ2v) is 7.92. The van der Waals surface area contributed by atoms with Crippen LogP contribution < -0.4 is 14.5 Å². The van der Waals surface area contributed by atoms with Gasteiger partial charge < -0.3 is 9.04 Å². The molecule has 28 heavy (non-hydrogen) atoms. The van der Waals surface area contributed by atoms with Gasteiger partial charge in [0.1, 0.15) is 5.75 Å². The molecule has 0 aliphatic carbocycles. The Hall–Kier alpha value is -2.18. The number of unbranched alkanes of at least 4 members (excludes halogenated alkanes) is 3. The van der Waals surface area contributed by atoms with Crippen molar-refractivity contribution < 1.29 is 14.7 Å². The van der Waals surface area contributed by atoms with Gasteiger partial charge in [0.15, 0.2) is 0 Å². The van der Waals surface area contributed by atoms with Gasteiger partial charge in [0.05, 0.1) is 7.11 Å². The zero-order chi connectivity index (χ0) is 20.4. The fourth-order valence-electron chi connectivity index (χ4n) is 2.85. The van der Waals surface area contributed by atoms with Gasteiger partial charge in [0, 0.05) is 23.5 Å². The third kappa shape index (κ3) is 7.09. The molecule has 0 radical (unpaired) electrons. The third-order valence-electron chi connectivity index (χ3n) is 4.55. The van der Waals surface area contributed by atoms with Crippen LogP contribution in [0, 0.1) is 13.8 Å². The number of rotatable bonds is 11. The van der Waals surface area contributed by atoms with Gasteiger partial charge in [0.2, 0.25) is 5.91 Å². The minimum Gasteiger partial charge on any atom is -0.497 e. The number of hydrogen-bond acceptors (Lipinski definition) is 5. The van der Waals surface area contributed by atoms with Crippen molar-refractivity contribution in [2.24, 2.45) is 0 Å². The number of aryl methyl sites for hydroxylation is 2. The molecule has 0 saturated heterocycles. The number of hydroxylamine groups is 1. The summed E-state index contributed by atoms with van der Waals surface area (Å²) >= 11 is 1.76. The van der Waals surface area contributed by atoms with Crippen LogP contribution in [0.5, 0.6) is 5.75 Å². The molecule has 0 aliphatic rings. The third-order valence-corrected chi connectivity index (χ3v) is 5.80. The van der Waals surface area contributed by atoms with Crippen molar-refractivity contribution in [1.29, 1.82) is 0 Å². The normalized spacial score (nSPS) is 10.6. The fourth-order valence-corrected chi connectivity index (χ4v) is 3.99. The van der Waals surface area contributed by atoms with Crippen LogP contribution in [-0.2, 0) is 4.79 Å². The summed E-state index contributed by atoms with van der Waals surface area (Å²) in [5.74, 6) is 0.535. The minimum absolute atomic E-state index is 0.315. The van der Waals surface area contributed by atoms with Gasteiger partial charge in [-0.25, -0.2) is 5.48 Å². The predicted octanol–water partition coefficient (Wildman–Crippen LogP) is 5.28. The lowest BCUT2D eigenvalue weighted by Gasteiger charge is -2.24. The fraction of sp³-hybridized carbons (Fsp3) is 0.409. The summed E-state index contributed by atoms with van der Waals surface area (Å²) < 4.78 is 7.60. The minimum atomic E-state index is -0.315. The zero-order valence-electron chi connectivity index (χ0n) is 16.9.